The molecule has 0 fully saturated rings. The third-order valence-corrected chi connectivity index (χ3v) is 5.48. The Labute approximate surface area is 163 Å². The van der Waals surface area contributed by atoms with Gasteiger partial charge in [0.1, 0.15) is 11.4 Å². The van der Waals surface area contributed by atoms with Crippen molar-refractivity contribution in [3.8, 4) is 5.69 Å². The van der Waals surface area contributed by atoms with E-state index in [0.717, 1.165) is 55.5 Å². The largest absolute Gasteiger partial charge is 0.393 e. The number of anilines is 1. The number of pyridine rings is 3. The van der Waals surface area contributed by atoms with Crippen LogP contribution in [0.15, 0.2) is 60.8 Å². The third kappa shape index (κ3) is 2.28. The molecule has 0 spiro atoms. The van der Waals surface area contributed by atoms with E-state index in [2.05, 4.69) is 48.9 Å². The maximum atomic E-state index is 6.69. The molecule has 0 radical (unpaired) electrons. The number of hydrogen-bond acceptors (Lipinski definition) is 3. The predicted molar refractivity (Wildman–Crippen MR) is 115 cm³/mol. The lowest BCUT2D eigenvalue weighted by molar-refractivity contribution is -0.566. The van der Waals surface area contributed by atoms with Crippen molar-refractivity contribution in [2.75, 3.05) is 5.73 Å². The molecule has 0 aliphatic carbocycles. The lowest BCUT2D eigenvalue weighted by Gasteiger charge is -2.12. The highest BCUT2D eigenvalue weighted by molar-refractivity contribution is 6.04. The molecule has 3 heterocycles. The third-order valence-electron chi connectivity index (χ3n) is 5.48. The summed E-state index contributed by atoms with van der Waals surface area (Å²) in [6.07, 6.45) is 2.10. The molecule has 136 valence electrons. The van der Waals surface area contributed by atoms with Gasteiger partial charge in [0, 0.05) is 11.5 Å². The molecule has 0 amide bonds. The van der Waals surface area contributed by atoms with Crippen molar-refractivity contribution < 1.29 is 4.57 Å². The van der Waals surface area contributed by atoms with E-state index < -0.39 is 0 Å². The molecule has 4 nitrogen and oxygen atoms in total. The van der Waals surface area contributed by atoms with Crippen LogP contribution in [0.3, 0.4) is 0 Å². The summed E-state index contributed by atoms with van der Waals surface area (Å²) in [5.41, 5.74) is 14.5. The van der Waals surface area contributed by atoms with Gasteiger partial charge in [-0.25, -0.2) is 4.98 Å². The molecule has 0 atom stereocenters. The van der Waals surface area contributed by atoms with Crippen LogP contribution in [0.1, 0.15) is 17.0 Å². The maximum absolute atomic E-state index is 6.69. The summed E-state index contributed by atoms with van der Waals surface area (Å²) >= 11 is 0. The minimum Gasteiger partial charge on any atom is -0.393 e. The van der Waals surface area contributed by atoms with E-state index in [1.54, 1.807) is 0 Å². The molecule has 2 N–H and O–H groups in total. The molecule has 0 aliphatic rings. The number of aryl methyl sites for hydroxylation is 3. The molecule has 5 rings (SSSR count). The highest BCUT2D eigenvalue weighted by Crippen LogP contribution is 2.30. The summed E-state index contributed by atoms with van der Waals surface area (Å²) in [4.78, 5) is 9.66. The van der Waals surface area contributed by atoms with Crippen LogP contribution in [0.4, 0.5) is 5.69 Å². The first-order valence-corrected chi connectivity index (χ1v) is 9.42. The molecule has 0 unspecified atom stereocenters. The quantitative estimate of drug-likeness (QED) is 0.345. The summed E-state index contributed by atoms with van der Waals surface area (Å²) in [7, 11) is 0. The molecular formula is C24H21N4+. The smallest absolute Gasteiger partial charge is 0.256 e. The van der Waals surface area contributed by atoms with Gasteiger partial charge in [0.25, 0.3) is 5.69 Å². The summed E-state index contributed by atoms with van der Waals surface area (Å²) < 4.78 is 2.18. The maximum Gasteiger partial charge on any atom is 0.256 e. The zero-order chi connectivity index (χ0) is 19.4. The van der Waals surface area contributed by atoms with E-state index in [1.165, 1.54) is 5.56 Å². The lowest BCUT2D eigenvalue weighted by Crippen LogP contribution is -2.34. The normalized spacial score (nSPS) is 11.5. The van der Waals surface area contributed by atoms with Crippen molar-refractivity contribution in [1.29, 1.82) is 0 Å². The highest BCUT2D eigenvalue weighted by Gasteiger charge is 2.25. The average Bonchev–Trinajstić information content (AvgIpc) is 2.69. The zero-order valence-electron chi connectivity index (χ0n) is 16.2. The summed E-state index contributed by atoms with van der Waals surface area (Å²) in [5, 5.41) is 3.24. The van der Waals surface area contributed by atoms with Crippen molar-refractivity contribution in [1.82, 2.24) is 9.97 Å². The SMILES string of the molecule is Cc1nc2ccccc2c(N)c1-[n+]1ccc(C)c2c(C)nc3ccccc3c21. The molecule has 2 aromatic carbocycles. The van der Waals surface area contributed by atoms with E-state index in [4.69, 9.17) is 15.7 Å². The second-order valence-corrected chi connectivity index (χ2v) is 7.28. The molecule has 28 heavy (non-hydrogen) atoms. The standard InChI is InChI=1S/C24H21N4/c1-14-12-13-28(23-16(3)27-19-10-6-4-8-17(19)22(23)25)24-18-9-5-7-11-20(18)26-15(2)21(14)24/h4-13H,1-3H3,(H2,25,27)/q+1. The Morgan fingerprint density at radius 1 is 0.750 bits per heavy atom. The number of benzene rings is 2. The van der Waals surface area contributed by atoms with Gasteiger partial charge in [-0.05, 0) is 44.5 Å². The summed E-state index contributed by atoms with van der Waals surface area (Å²) in [6.45, 7) is 6.22. The van der Waals surface area contributed by atoms with Crippen molar-refractivity contribution in [3.05, 3.63) is 77.7 Å². The van der Waals surface area contributed by atoms with Crippen molar-refractivity contribution >= 4 is 38.4 Å². The first-order valence-electron chi connectivity index (χ1n) is 9.42. The molecule has 0 saturated carbocycles. The van der Waals surface area contributed by atoms with E-state index in [-0.39, 0.29) is 0 Å². The molecular weight excluding hydrogens is 344 g/mol. The number of hydrogen-bond donors (Lipinski definition) is 1. The van der Waals surface area contributed by atoms with Crippen LogP contribution in [0.25, 0.3) is 38.4 Å². The fourth-order valence-corrected chi connectivity index (χ4v) is 4.23. The average molecular weight is 365 g/mol. The van der Waals surface area contributed by atoms with Gasteiger partial charge in [-0.2, -0.15) is 4.57 Å². The van der Waals surface area contributed by atoms with Crippen LogP contribution in [-0.4, -0.2) is 9.97 Å². The Kier molecular flexibility index (Phi) is 3.56. The van der Waals surface area contributed by atoms with Gasteiger partial charge < -0.3 is 5.73 Å². The highest BCUT2D eigenvalue weighted by atomic mass is 15.0. The lowest BCUT2D eigenvalue weighted by atomic mass is 10.0. The Morgan fingerprint density at radius 3 is 2.11 bits per heavy atom. The predicted octanol–water partition coefficient (Wildman–Crippen LogP) is 4.72. The molecule has 4 heteroatoms. The molecule has 0 saturated heterocycles. The van der Waals surface area contributed by atoms with Crippen molar-refractivity contribution in [2.24, 2.45) is 0 Å². The molecule has 3 aromatic heterocycles. The number of aromatic nitrogens is 3. The number of para-hydroxylation sites is 2. The van der Waals surface area contributed by atoms with Gasteiger partial charge in [0.2, 0.25) is 5.52 Å². The fourth-order valence-electron chi connectivity index (χ4n) is 4.23. The second-order valence-electron chi connectivity index (χ2n) is 7.28. The Morgan fingerprint density at radius 2 is 1.36 bits per heavy atom. The van der Waals surface area contributed by atoms with Gasteiger partial charge in [-0.3, -0.25) is 4.98 Å². The van der Waals surface area contributed by atoms with Crippen LogP contribution in [0.5, 0.6) is 0 Å². The van der Waals surface area contributed by atoms with Gasteiger partial charge in [-0.15, -0.1) is 0 Å². The first kappa shape index (κ1) is 16.6. The number of nitrogen functional groups attached to an aromatic ring is 1. The summed E-state index contributed by atoms with van der Waals surface area (Å²) in [5.74, 6) is 0. The molecule has 5 aromatic rings. The van der Waals surface area contributed by atoms with E-state index in [1.807, 2.05) is 37.3 Å². The van der Waals surface area contributed by atoms with Crippen LogP contribution in [0, 0.1) is 20.8 Å². The minimum atomic E-state index is 0.747. The number of nitrogens with zero attached hydrogens (tertiary/aromatic N) is 3. The first-order chi connectivity index (χ1) is 13.6. The zero-order valence-corrected chi connectivity index (χ0v) is 16.2. The van der Waals surface area contributed by atoms with E-state index in [0.29, 0.717) is 0 Å². The minimum absolute atomic E-state index is 0.747. The van der Waals surface area contributed by atoms with Gasteiger partial charge >= 0.3 is 0 Å². The Bertz CT molecular complexity index is 1400. The van der Waals surface area contributed by atoms with Crippen LogP contribution >= 0.6 is 0 Å². The Balaban J connectivity index is 2.02. The van der Waals surface area contributed by atoms with Crippen molar-refractivity contribution in [2.45, 2.75) is 20.8 Å². The van der Waals surface area contributed by atoms with Crippen LogP contribution in [-0.2, 0) is 0 Å². The number of rotatable bonds is 1. The van der Waals surface area contributed by atoms with E-state index >= 15 is 0 Å². The van der Waals surface area contributed by atoms with Crippen molar-refractivity contribution in [3.63, 3.8) is 0 Å². The topological polar surface area (TPSA) is 55.7 Å². The fraction of sp³-hybridized carbons (Fsp3) is 0.125. The Hall–Kier alpha value is -3.53. The number of fused-ring (bicyclic) bond motifs is 4. The molecule has 0 bridgehead atoms. The van der Waals surface area contributed by atoms with Gasteiger partial charge in [0.05, 0.1) is 27.5 Å². The van der Waals surface area contributed by atoms with Crippen LogP contribution < -0.4 is 10.3 Å². The van der Waals surface area contributed by atoms with E-state index in [9.17, 15) is 0 Å². The van der Waals surface area contributed by atoms with Crippen LogP contribution in [0.2, 0.25) is 0 Å². The summed E-state index contributed by atoms with van der Waals surface area (Å²) in [6, 6.07) is 18.4. The van der Waals surface area contributed by atoms with Gasteiger partial charge in [0.15, 0.2) is 6.20 Å². The number of nitrogens with two attached hydrogens (primary N) is 1. The second kappa shape index (κ2) is 5.99. The molecule has 0 aliphatic heterocycles. The monoisotopic (exact) mass is 365 g/mol. The van der Waals surface area contributed by atoms with Gasteiger partial charge in [-0.1, -0.05) is 30.3 Å².